The Morgan fingerprint density at radius 2 is 2.18 bits per heavy atom. The van der Waals surface area contributed by atoms with Crippen molar-refractivity contribution in [3.05, 3.63) is 29.5 Å². The van der Waals surface area contributed by atoms with Crippen LogP contribution in [0.3, 0.4) is 0 Å². The minimum atomic E-state index is -0.268. The number of amides is 1. The lowest BCUT2D eigenvalue weighted by Gasteiger charge is -2.30. The van der Waals surface area contributed by atoms with Crippen LogP contribution in [0, 0.1) is 0 Å². The summed E-state index contributed by atoms with van der Waals surface area (Å²) in [6.07, 6.45) is 5.46. The number of piperidine rings is 1. The standard InChI is InChI=1S/C14H18N6OS/c15-12(21)9-20-6-2-10(3-7-20)11-1-4-16-13(18-11)19-14-17-5-8-22-14/h1,4-5,8,10H,2-3,6-7,9H2,(H2,15,21)(H,16,17,18,19). The highest BCUT2D eigenvalue weighted by Gasteiger charge is 2.22. The number of primary amides is 1. The Labute approximate surface area is 132 Å². The van der Waals surface area contributed by atoms with Gasteiger partial charge in [0, 0.05) is 29.4 Å². The predicted octanol–water partition coefficient (Wildman–Crippen LogP) is 1.34. The summed E-state index contributed by atoms with van der Waals surface area (Å²) in [5.74, 6) is 0.700. The van der Waals surface area contributed by atoms with Crippen molar-refractivity contribution in [2.24, 2.45) is 5.73 Å². The number of thiazole rings is 1. The van der Waals surface area contributed by atoms with Gasteiger partial charge >= 0.3 is 0 Å². The number of likely N-dealkylation sites (tertiary alicyclic amines) is 1. The molecule has 0 atom stereocenters. The maximum atomic E-state index is 11.0. The molecule has 2 aromatic heterocycles. The largest absolute Gasteiger partial charge is 0.369 e. The van der Waals surface area contributed by atoms with Crippen molar-refractivity contribution in [2.45, 2.75) is 18.8 Å². The summed E-state index contributed by atoms with van der Waals surface area (Å²) in [5, 5.41) is 5.80. The average molecular weight is 318 g/mol. The van der Waals surface area contributed by atoms with E-state index in [1.807, 2.05) is 11.4 Å². The first-order valence-corrected chi connectivity index (χ1v) is 8.09. The summed E-state index contributed by atoms with van der Waals surface area (Å²) >= 11 is 1.51. The number of hydrogen-bond donors (Lipinski definition) is 2. The molecular weight excluding hydrogens is 300 g/mol. The Balaban J connectivity index is 1.62. The Morgan fingerprint density at radius 3 is 2.86 bits per heavy atom. The van der Waals surface area contributed by atoms with Gasteiger partial charge in [-0.15, -0.1) is 11.3 Å². The fourth-order valence-electron chi connectivity index (χ4n) is 2.65. The van der Waals surface area contributed by atoms with E-state index in [4.69, 9.17) is 5.73 Å². The van der Waals surface area contributed by atoms with Crippen LogP contribution < -0.4 is 11.1 Å². The van der Waals surface area contributed by atoms with Gasteiger partial charge in [0.05, 0.1) is 6.54 Å². The van der Waals surface area contributed by atoms with E-state index in [1.165, 1.54) is 11.3 Å². The van der Waals surface area contributed by atoms with Crippen LogP contribution in [-0.2, 0) is 4.79 Å². The fourth-order valence-corrected chi connectivity index (χ4v) is 3.17. The van der Waals surface area contributed by atoms with Gasteiger partial charge in [-0.05, 0) is 32.0 Å². The highest BCUT2D eigenvalue weighted by Crippen LogP contribution is 2.27. The second kappa shape index (κ2) is 6.80. The molecule has 1 aliphatic rings. The fraction of sp³-hybridized carbons (Fsp3) is 0.429. The molecule has 0 bridgehead atoms. The molecule has 116 valence electrons. The van der Waals surface area contributed by atoms with Crippen LogP contribution in [0.2, 0.25) is 0 Å². The van der Waals surface area contributed by atoms with Crippen LogP contribution in [0.5, 0.6) is 0 Å². The lowest BCUT2D eigenvalue weighted by atomic mass is 9.93. The molecule has 0 aromatic carbocycles. The van der Waals surface area contributed by atoms with Gasteiger partial charge in [0.15, 0.2) is 5.13 Å². The average Bonchev–Trinajstić information content (AvgIpc) is 3.01. The van der Waals surface area contributed by atoms with Gasteiger partial charge in [-0.1, -0.05) is 0 Å². The molecule has 1 aliphatic heterocycles. The zero-order valence-corrected chi connectivity index (χ0v) is 12.9. The molecule has 1 saturated heterocycles. The van der Waals surface area contributed by atoms with E-state index in [-0.39, 0.29) is 5.91 Å². The zero-order valence-electron chi connectivity index (χ0n) is 12.1. The quantitative estimate of drug-likeness (QED) is 0.863. The molecule has 1 fully saturated rings. The second-order valence-electron chi connectivity index (χ2n) is 5.28. The summed E-state index contributed by atoms with van der Waals surface area (Å²) in [6.45, 7) is 2.08. The van der Waals surface area contributed by atoms with Gasteiger partial charge in [-0.3, -0.25) is 9.69 Å². The van der Waals surface area contributed by atoms with E-state index in [0.717, 1.165) is 36.8 Å². The summed E-state index contributed by atoms with van der Waals surface area (Å²) in [6, 6.07) is 1.96. The first kappa shape index (κ1) is 14.9. The first-order chi connectivity index (χ1) is 10.7. The van der Waals surface area contributed by atoms with Gasteiger partial charge in [0.25, 0.3) is 0 Å². The lowest BCUT2D eigenvalue weighted by molar-refractivity contribution is -0.119. The molecule has 0 unspecified atom stereocenters. The lowest BCUT2D eigenvalue weighted by Crippen LogP contribution is -2.39. The third-order valence-corrected chi connectivity index (χ3v) is 4.40. The van der Waals surface area contributed by atoms with Crippen LogP contribution in [0.15, 0.2) is 23.8 Å². The van der Waals surface area contributed by atoms with Gasteiger partial charge in [0.1, 0.15) is 0 Å². The molecule has 3 heterocycles. The van der Waals surface area contributed by atoms with Gasteiger partial charge in [-0.2, -0.15) is 0 Å². The molecule has 0 aliphatic carbocycles. The first-order valence-electron chi connectivity index (χ1n) is 7.21. The number of aromatic nitrogens is 3. The molecule has 22 heavy (non-hydrogen) atoms. The van der Waals surface area contributed by atoms with E-state index in [9.17, 15) is 4.79 Å². The maximum absolute atomic E-state index is 11.0. The van der Waals surface area contributed by atoms with E-state index in [2.05, 4.69) is 25.2 Å². The Morgan fingerprint density at radius 1 is 1.36 bits per heavy atom. The third-order valence-electron chi connectivity index (χ3n) is 3.71. The van der Waals surface area contributed by atoms with Crippen LogP contribution in [-0.4, -0.2) is 45.4 Å². The van der Waals surface area contributed by atoms with Crippen molar-refractivity contribution in [3.8, 4) is 0 Å². The number of rotatable bonds is 5. The van der Waals surface area contributed by atoms with Gasteiger partial charge in [0.2, 0.25) is 11.9 Å². The third kappa shape index (κ3) is 3.77. The Hall–Kier alpha value is -2.06. The minimum absolute atomic E-state index is 0.268. The molecule has 8 heteroatoms. The van der Waals surface area contributed by atoms with Crippen molar-refractivity contribution in [3.63, 3.8) is 0 Å². The number of carbonyl (C=O) groups excluding carboxylic acids is 1. The van der Waals surface area contributed by atoms with Crippen molar-refractivity contribution >= 4 is 28.3 Å². The van der Waals surface area contributed by atoms with Gasteiger partial charge < -0.3 is 11.1 Å². The van der Waals surface area contributed by atoms with E-state index < -0.39 is 0 Å². The van der Waals surface area contributed by atoms with Crippen LogP contribution in [0.25, 0.3) is 0 Å². The molecule has 3 rings (SSSR count). The Kier molecular flexibility index (Phi) is 4.59. The summed E-state index contributed by atoms with van der Waals surface area (Å²) in [5.41, 5.74) is 6.27. The molecule has 0 saturated carbocycles. The van der Waals surface area contributed by atoms with Crippen molar-refractivity contribution in [1.29, 1.82) is 0 Å². The zero-order chi connectivity index (χ0) is 15.4. The Bertz CT molecular complexity index is 624. The van der Waals surface area contributed by atoms with Crippen LogP contribution >= 0.6 is 11.3 Å². The molecule has 7 nitrogen and oxygen atoms in total. The summed E-state index contributed by atoms with van der Waals surface area (Å²) in [7, 11) is 0. The number of anilines is 2. The number of hydrogen-bond acceptors (Lipinski definition) is 7. The van der Waals surface area contributed by atoms with Crippen LogP contribution in [0.1, 0.15) is 24.5 Å². The number of nitrogens with two attached hydrogens (primary N) is 1. The molecule has 1 amide bonds. The normalized spacial score (nSPS) is 16.5. The van der Waals surface area contributed by atoms with E-state index in [0.29, 0.717) is 18.4 Å². The SMILES string of the molecule is NC(=O)CN1CCC(c2ccnc(Nc3nccs3)n2)CC1. The maximum Gasteiger partial charge on any atom is 0.231 e. The minimum Gasteiger partial charge on any atom is -0.369 e. The van der Waals surface area contributed by atoms with E-state index in [1.54, 1.807) is 12.4 Å². The topological polar surface area (TPSA) is 97.0 Å². The van der Waals surface area contributed by atoms with Crippen LogP contribution in [0.4, 0.5) is 11.1 Å². The van der Waals surface area contributed by atoms with Gasteiger partial charge in [-0.25, -0.2) is 15.0 Å². The smallest absolute Gasteiger partial charge is 0.231 e. The predicted molar refractivity (Wildman–Crippen MR) is 85.0 cm³/mol. The highest BCUT2D eigenvalue weighted by molar-refractivity contribution is 7.13. The summed E-state index contributed by atoms with van der Waals surface area (Å²) < 4.78 is 0. The number of carbonyl (C=O) groups is 1. The summed E-state index contributed by atoms with van der Waals surface area (Å²) in [4.78, 5) is 26.0. The molecule has 0 spiro atoms. The van der Waals surface area contributed by atoms with E-state index >= 15 is 0 Å². The molecule has 0 radical (unpaired) electrons. The monoisotopic (exact) mass is 318 g/mol. The van der Waals surface area contributed by atoms with Crippen molar-refractivity contribution in [2.75, 3.05) is 25.0 Å². The number of nitrogens with one attached hydrogen (secondary N) is 1. The molecule has 3 N–H and O–H groups in total. The molecule has 2 aromatic rings. The highest BCUT2D eigenvalue weighted by atomic mass is 32.1. The number of nitrogens with zero attached hydrogens (tertiary/aromatic N) is 4. The second-order valence-corrected chi connectivity index (χ2v) is 6.18. The van der Waals surface area contributed by atoms with Crippen molar-refractivity contribution < 1.29 is 4.79 Å². The van der Waals surface area contributed by atoms with Crippen molar-refractivity contribution in [1.82, 2.24) is 19.9 Å². The molecular formula is C14H18N6OS.